The molecule has 3 saturated carbocycles. The quantitative estimate of drug-likeness (QED) is 0.493. The molecule has 33 heavy (non-hydrogen) atoms. The maximum atomic E-state index is 13.1. The number of nitrogens with one attached hydrogen (secondary N) is 2. The van der Waals surface area contributed by atoms with Crippen molar-refractivity contribution in [2.24, 2.45) is 5.41 Å². The molecule has 6 rings (SSSR count). The van der Waals surface area contributed by atoms with Gasteiger partial charge in [0.25, 0.3) is 5.56 Å². The number of aryl methyl sites for hydroxylation is 1. The van der Waals surface area contributed by atoms with Gasteiger partial charge >= 0.3 is 5.69 Å². The molecule has 0 saturated heterocycles. The Labute approximate surface area is 198 Å². The smallest absolute Gasteiger partial charge is 0.332 e. The van der Waals surface area contributed by atoms with Crippen LogP contribution in [0.25, 0.3) is 11.2 Å². The third-order valence-corrected chi connectivity index (χ3v) is 8.92. The third-order valence-electron chi connectivity index (χ3n) is 8.04. The van der Waals surface area contributed by atoms with E-state index in [9.17, 15) is 9.59 Å². The number of H-pyrrole nitrogens is 1. The summed E-state index contributed by atoms with van der Waals surface area (Å²) in [5.74, 6) is 0.924. The molecule has 0 spiro atoms. The van der Waals surface area contributed by atoms with Crippen LogP contribution < -0.4 is 16.6 Å². The highest BCUT2D eigenvalue weighted by molar-refractivity contribution is 7.09. The molecule has 3 aromatic heterocycles. The van der Waals surface area contributed by atoms with Gasteiger partial charge in [-0.2, -0.15) is 0 Å². The number of thiophene rings is 1. The standard InChI is InChI=1S/C25H35N5O2S/c1-3-13-29-20-19(21(31)30(14-4-2)23(29)32)27-22(28-20)25-10-7-24(8-11-25,9-12-25)17-26-16-18-6-5-15-33-18/h5-6,15,26H,3-4,7-14,16-17H2,1-2H3,(H,27,28). The van der Waals surface area contributed by atoms with Crippen LogP contribution in [0, 0.1) is 5.41 Å². The molecule has 0 aromatic carbocycles. The molecular weight excluding hydrogens is 434 g/mol. The molecule has 0 amide bonds. The van der Waals surface area contributed by atoms with Crippen LogP contribution in [0.5, 0.6) is 0 Å². The van der Waals surface area contributed by atoms with E-state index in [0.29, 0.717) is 29.7 Å². The van der Waals surface area contributed by atoms with Gasteiger partial charge in [-0.05, 0) is 68.2 Å². The molecule has 0 aliphatic heterocycles. The summed E-state index contributed by atoms with van der Waals surface area (Å²) in [5.41, 5.74) is 0.977. The van der Waals surface area contributed by atoms with Gasteiger partial charge in [-0.25, -0.2) is 9.78 Å². The van der Waals surface area contributed by atoms with Crippen LogP contribution in [-0.2, 0) is 25.0 Å². The number of fused-ring (bicyclic) bond motifs is 4. The predicted octanol–water partition coefficient (Wildman–Crippen LogP) is 4.15. The Hall–Kier alpha value is -2.19. The highest BCUT2D eigenvalue weighted by Crippen LogP contribution is 2.57. The van der Waals surface area contributed by atoms with Crippen molar-refractivity contribution in [1.82, 2.24) is 24.4 Å². The van der Waals surface area contributed by atoms with Crippen LogP contribution in [0.3, 0.4) is 0 Å². The zero-order valence-corrected chi connectivity index (χ0v) is 20.6. The molecule has 2 bridgehead atoms. The molecule has 0 unspecified atom stereocenters. The SMILES string of the molecule is CCCn1c(=O)c2[nH]c(C34CCC(CNCc5cccs5)(CC3)CC4)nc2n(CCC)c1=O. The minimum atomic E-state index is -0.227. The number of rotatable bonds is 9. The third kappa shape index (κ3) is 3.91. The summed E-state index contributed by atoms with van der Waals surface area (Å²) >= 11 is 1.81. The van der Waals surface area contributed by atoms with E-state index in [-0.39, 0.29) is 16.7 Å². The molecule has 8 heteroatoms. The van der Waals surface area contributed by atoms with E-state index < -0.39 is 0 Å². The van der Waals surface area contributed by atoms with Gasteiger partial charge in [-0.15, -0.1) is 11.3 Å². The summed E-state index contributed by atoms with van der Waals surface area (Å²) in [5, 5.41) is 5.84. The zero-order chi connectivity index (χ0) is 23.1. The van der Waals surface area contributed by atoms with E-state index in [1.165, 1.54) is 28.7 Å². The minimum absolute atomic E-state index is 0.00361. The van der Waals surface area contributed by atoms with Gasteiger partial charge in [0.05, 0.1) is 0 Å². The number of hydrogen-bond acceptors (Lipinski definition) is 5. The first kappa shape index (κ1) is 22.6. The lowest BCUT2D eigenvalue weighted by molar-refractivity contribution is 0.0358. The average molecular weight is 470 g/mol. The van der Waals surface area contributed by atoms with E-state index >= 15 is 0 Å². The van der Waals surface area contributed by atoms with Gasteiger partial charge in [0, 0.05) is 36.5 Å². The van der Waals surface area contributed by atoms with Crippen molar-refractivity contribution in [2.45, 2.75) is 90.3 Å². The summed E-state index contributed by atoms with van der Waals surface area (Å²) in [6.45, 7) is 7.08. The van der Waals surface area contributed by atoms with Crippen molar-refractivity contribution in [3.05, 3.63) is 49.1 Å². The average Bonchev–Trinajstić information content (AvgIpc) is 3.52. The normalized spacial score (nSPS) is 24.7. The van der Waals surface area contributed by atoms with E-state index in [4.69, 9.17) is 4.98 Å². The first-order valence-electron chi connectivity index (χ1n) is 12.5. The van der Waals surface area contributed by atoms with Crippen LogP contribution >= 0.6 is 11.3 Å². The molecule has 2 N–H and O–H groups in total. The van der Waals surface area contributed by atoms with Gasteiger partial charge in [0.15, 0.2) is 5.65 Å². The van der Waals surface area contributed by atoms with Gasteiger partial charge in [-0.3, -0.25) is 13.9 Å². The van der Waals surface area contributed by atoms with Crippen LogP contribution in [0.4, 0.5) is 0 Å². The van der Waals surface area contributed by atoms with Crippen LogP contribution in [0.1, 0.15) is 75.9 Å². The van der Waals surface area contributed by atoms with Crippen molar-refractivity contribution in [1.29, 1.82) is 0 Å². The zero-order valence-electron chi connectivity index (χ0n) is 19.8. The maximum Gasteiger partial charge on any atom is 0.332 e. The fourth-order valence-electron chi connectivity index (χ4n) is 6.01. The van der Waals surface area contributed by atoms with Crippen molar-refractivity contribution in [3.8, 4) is 0 Å². The monoisotopic (exact) mass is 469 g/mol. The van der Waals surface area contributed by atoms with Gasteiger partial charge in [0.2, 0.25) is 0 Å². The lowest BCUT2D eigenvalue weighted by Crippen LogP contribution is -2.48. The lowest BCUT2D eigenvalue weighted by Gasteiger charge is -2.52. The molecule has 0 radical (unpaired) electrons. The Morgan fingerprint density at radius 2 is 1.76 bits per heavy atom. The fraction of sp³-hybridized carbons (Fsp3) is 0.640. The Morgan fingerprint density at radius 3 is 2.39 bits per heavy atom. The summed E-state index contributed by atoms with van der Waals surface area (Å²) in [6, 6.07) is 4.30. The number of aromatic amines is 1. The van der Waals surface area contributed by atoms with Gasteiger partial charge < -0.3 is 10.3 Å². The second-order valence-electron chi connectivity index (χ2n) is 10.1. The van der Waals surface area contributed by atoms with Crippen molar-refractivity contribution in [2.75, 3.05) is 6.54 Å². The number of nitrogens with zero attached hydrogens (tertiary/aromatic N) is 3. The molecule has 3 heterocycles. The van der Waals surface area contributed by atoms with E-state index in [2.05, 4.69) is 27.8 Å². The Kier molecular flexibility index (Phi) is 6.07. The van der Waals surface area contributed by atoms with Gasteiger partial charge in [0.1, 0.15) is 11.3 Å². The number of imidazole rings is 1. The summed E-state index contributed by atoms with van der Waals surface area (Å²) in [7, 11) is 0. The fourth-order valence-corrected chi connectivity index (χ4v) is 6.69. The van der Waals surface area contributed by atoms with Crippen molar-refractivity contribution in [3.63, 3.8) is 0 Å². The largest absolute Gasteiger partial charge is 0.336 e. The molecular formula is C25H35N5O2S. The molecule has 3 aliphatic carbocycles. The van der Waals surface area contributed by atoms with E-state index in [1.807, 2.05) is 25.2 Å². The topological polar surface area (TPSA) is 84.7 Å². The van der Waals surface area contributed by atoms with Crippen LogP contribution in [0.2, 0.25) is 0 Å². The maximum absolute atomic E-state index is 13.1. The molecule has 178 valence electrons. The van der Waals surface area contributed by atoms with Crippen molar-refractivity contribution < 1.29 is 0 Å². The molecule has 0 atom stereocenters. The molecule has 3 aliphatic rings. The molecule has 3 aromatic rings. The van der Waals surface area contributed by atoms with E-state index in [1.54, 1.807) is 4.57 Å². The van der Waals surface area contributed by atoms with Crippen LogP contribution in [-0.4, -0.2) is 25.6 Å². The Balaban J connectivity index is 1.40. The summed E-state index contributed by atoms with van der Waals surface area (Å²) in [4.78, 5) is 35.9. The highest BCUT2D eigenvalue weighted by Gasteiger charge is 2.50. The lowest BCUT2D eigenvalue weighted by atomic mass is 9.53. The first-order valence-corrected chi connectivity index (χ1v) is 13.4. The second kappa shape index (κ2) is 8.87. The molecule has 7 nitrogen and oxygen atoms in total. The predicted molar refractivity (Wildman–Crippen MR) is 133 cm³/mol. The summed E-state index contributed by atoms with van der Waals surface area (Å²) in [6.07, 6.45) is 8.40. The Bertz CT molecular complexity index is 1210. The van der Waals surface area contributed by atoms with Gasteiger partial charge in [-0.1, -0.05) is 19.9 Å². The van der Waals surface area contributed by atoms with Crippen LogP contribution in [0.15, 0.2) is 27.1 Å². The first-order chi connectivity index (χ1) is 16.0. The highest BCUT2D eigenvalue weighted by atomic mass is 32.1. The number of hydrogen-bond donors (Lipinski definition) is 2. The molecule has 3 fully saturated rings. The Morgan fingerprint density at radius 1 is 1.06 bits per heavy atom. The van der Waals surface area contributed by atoms with E-state index in [0.717, 1.165) is 51.0 Å². The number of aromatic nitrogens is 4. The van der Waals surface area contributed by atoms with Crippen molar-refractivity contribution >= 4 is 22.5 Å². The second-order valence-corrected chi connectivity index (χ2v) is 11.2. The minimum Gasteiger partial charge on any atom is -0.336 e. The summed E-state index contributed by atoms with van der Waals surface area (Å²) < 4.78 is 3.08.